The van der Waals surface area contributed by atoms with Gasteiger partial charge >= 0.3 is 6.03 Å². The lowest BCUT2D eigenvalue weighted by Crippen LogP contribution is -2.51. The monoisotopic (exact) mass is 424 g/mol. The maximum absolute atomic E-state index is 12.5. The number of urea groups is 1. The first-order valence-corrected chi connectivity index (χ1v) is 10.3. The average molecular weight is 425 g/mol. The fourth-order valence-electron chi connectivity index (χ4n) is 3.53. The summed E-state index contributed by atoms with van der Waals surface area (Å²) >= 11 is 0. The molecule has 1 aliphatic rings. The highest BCUT2D eigenvalue weighted by atomic mass is 16.5. The summed E-state index contributed by atoms with van der Waals surface area (Å²) in [6, 6.07) is 14.6. The molecule has 8 heteroatoms. The number of nitrogens with one attached hydrogen (secondary N) is 3. The van der Waals surface area contributed by atoms with Crippen molar-refractivity contribution in [3.05, 3.63) is 59.7 Å². The summed E-state index contributed by atoms with van der Waals surface area (Å²) < 4.78 is 5.49. The van der Waals surface area contributed by atoms with E-state index in [4.69, 9.17) is 4.74 Å². The Hall–Kier alpha value is -3.55. The van der Waals surface area contributed by atoms with E-state index in [1.165, 1.54) is 0 Å². The Labute approximate surface area is 181 Å². The average Bonchev–Trinajstić information content (AvgIpc) is 2.76. The van der Waals surface area contributed by atoms with Gasteiger partial charge in [0.2, 0.25) is 5.91 Å². The number of hydrazine groups is 1. The Bertz CT molecular complexity index is 912. The van der Waals surface area contributed by atoms with Crippen LogP contribution in [0.2, 0.25) is 0 Å². The lowest BCUT2D eigenvalue weighted by Gasteiger charge is -2.32. The zero-order valence-electron chi connectivity index (χ0n) is 17.8. The first-order valence-electron chi connectivity index (χ1n) is 10.3. The van der Waals surface area contributed by atoms with E-state index in [0.717, 1.165) is 11.1 Å². The summed E-state index contributed by atoms with van der Waals surface area (Å²) in [5.74, 6) is -0.568. The van der Waals surface area contributed by atoms with E-state index in [0.29, 0.717) is 37.4 Å². The summed E-state index contributed by atoms with van der Waals surface area (Å²) in [7, 11) is 0. The van der Waals surface area contributed by atoms with Crippen LogP contribution < -0.4 is 20.9 Å². The van der Waals surface area contributed by atoms with E-state index in [1.807, 2.05) is 62.4 Å². The van der Waals surface area contributed by atoms with Crippen LogP contribution in [0.1, 0.15) is 24.0 Å². The van der Waals surface area contributed by atoms with Gasteiger partial charge in [-0.05, 0) is 62.1 Å². The molecule has 1 heterocycles. The number of nitrogens with zero attached hydrogens (tertiary/aromatic N) is 1. The molecule has 4 amide bonds. The lowest BCUT2D eigenvalue weighted by atomic mass is 9.98. The largest absolute Gasteiger partial charge is 0.484 e. The minimum absolute atomic E-state index is 0.209. The molecule has 2 aromatic rings. The maximum Gasteiger partial charge on any atom is 0.321 e. The van der Waals surface area contributed by atoms with E-state index in [1.54, 1.807) is 4.90 Å². The van der Waals surface area contributed by atoms with E-state index in [2.05, 4.69) is 16.2 Å². The number of benzene rings is 2. The van der Waals surface area contributed by atoms with Crippen molar-refractivity contribution >= 4 is 23.5 Å². The Morgan fingerprint density at radius 2 is 1.74 bits per heavy atom. The number of carbonyl (C=O) groups is 3. The Kier molecular flexibility index (Phi) is 7.48. The predicted octanol–water partition coefficient (Wildman–Crippen LogP) is 2.77. The van der Waals surface area contributed by atoms with E-state index < -0.39 is 11.8 Å². The van der Waals surface area contributed by atoms with Gasteiger partial charge in [0.1, 0.15) is 5.75 Å². The number of amides is 4. The molecule has 1 atom stereocenters. The van der Waals surface area contributed by atoms with Gasteiger partial charge < -0.3 is 15.0 Å². The SMILES string of the molecule is Cc1cc(C)cc(OCC(=O)NNC(=O)[C@@H]2CCCN(C(=O)Nc3ccccc3)C2)c1. The van der Waals surface area contributed by atoms with Gasteiger partial charge in [-0.1, -0.05) is 24.3 Å². The zero-order chi connectivity index (χ0) is 22.2. The standard InChI is InChI=1S/C23H28N4O4/c1-16-11-17(2)13-20(12-16)31-15-21(28)25-26-22(29)18-7-6-10-27(14-18)23(30)24-19-8-4-3-5-9-19/h3-5,8-9,11-13,18H,6-7,10,14-15H2,1-2H3,(H,24,30)(H,25,28)(H,26,29)/t18-/m1/s1. The molecule has 164 valence electrons. The predicted molar refractivity (Wildman–Crippen MR) is 117 cm³/mol. The lowest BCUT2D eigenvalue weighted by molar-refractivity contribution is -0.132. The van der Waals surface area contributed by atoms with Crippen molar-refractivity contribution in [1.29, 1.82) is 0 Å². The van der Waals surface area contributed by atoms with Crippen LogP contribution in [-0.4, -0.2) is 42.4 Å². The number of anilines is 1. The highest BCUT2D eigenvalue weighted by molar-refractivity contribution is 5.90. The van der Waals surface area contributed by atoms with Crippen LogP contribution in [0.15, 0.2) is 48.5 Å². The number of carbonyl (C=O) groups excluding carboxylic acids is 3. The van der Waals surface area contributed by atoms with Crippen LogP contribution in [0.5, 0.6) is 5.75 Å². The quantitative estimate of drug-likeness (QED) is 0.643. The first-order chi connectivity index (χ1) is 14.9. The molecular weight excluding hydrogens is 396 g/mol. The number of ether oxygens (including phenoxy) is 1. The molecule has 3 N–H and O–H groups in total. The topological polar surface area (TPSA) is 99.8 Å². The minimum atomic E-state index is -0.456. The normalized spacial score (nSPS) is 15.7. The molecule has 8 nitrogen and oxygen atoms in total. The Morgan fingerprint density at radius 3 is 2.45 bits per heavy atom. The molecule has 3 rings (SSSR count). The molecule has 31 heavy (non-hydrogen) atoms. The summed E-state index contributed by atoms with van der Waals surface area (Å²) in [4.78, 5) is 38.6. The minimum Gasteiger partial charge on any atom is -0.484 e. The van der Waals surface area contributed by atoms with Gasteiger partial charge in [0, 0.05) is 18.8 Å². The number of hydrogen-bond acceptors (Lipinski definition) is 4. The molecule has 0 aliphatic carbocycles. The third-order valence-corrected chi connectivity index (χ3v) is 4.99. The van der Waals surface area contributed by atoms with Crippen molar-refractivity contribution in [3.8, 4) is 5.75 Å². The number of hydrogen-bond donors (Lipinski definition) is 3. The number of likely N-dealkylation sites (tertiary alicyclic amines) is 1. The van der Waals surface area contributed by atoms with E-state index >= 15 is 0 Å². The van der Waals surface area contributed by atoms with Crippen molar-refractivity contribution in [3.63, 3.8) is 0 Å². The fourth-order valence-corrected chi connectivity index (χ4v) is 3.53. The second kappa shape index (κ2) is 10.5. The van der Waals surface area contributed by atoms with Crippen molar-refractivity contribution in [2.45, 2.75) is 26.7 Å². The van der Waals surface area contributed by atoms with Crippen LogP contribution in [0, 0.1) is 19.8 Å². The molecule has 0 spiro atoms. The number of para-hydroxylation sites is 1. The summed E-state index contributed by atoms with van der Waals surface area (Å²) in [5, 5.41) is 2.83. The van der Waals surface area contributed by atoms with Crippen molar-refractivity contribution in [2.24, 2.45) is 5.92 Å². The van der Waals surface area contributed by atoms with Crippen LogP contribution in [0.4, 0.5) is 10.5 Å². The third kappa shape index (κ3) is 6.74. The highest BCUT2D eigenvalue weighted by Gasteiger charge is 2.28. The molecule has 1 fully saturated rings. The number of aryl methyl sites for hydroxylation is 2. The molecule has 0 unspecified atom stereocenters. The molecular formula is C23H28N4O4. The second-order valence-electron chi connectivity index (χ2n) is 7.73. The third-order valence-electron chi connectivity index (χ3n) is 4.99. The fraction of sp³-hybridized carbons (Fsp3) is 0.348. The number of piperidine rings is 1. The van der Waals surface area contributed by atoms with Gasteiger partial charge in [-0.3, -0.25) is 20.4 Å². The summed E-state index contributed by atoms with van der Waals surface area (Å²) in [6.07, 6.45) is 1.36. The van der Waals surface area contributed by atoms with Crippen LogP contribution >= 0.6 is 0 Å². The first kappa shape index (κ1) is 22.1. The Morgan fingerprint density at radius 1 is 1.03 bits per heavy atom. The smallest absolute Gasteiger partial charge is 0.321 e. The van der Waals surface area contributed by atoms with Gasteiger partial charge in [0.25, 0.3) is 5.91 Å². The molecule has 0 radical (unpaired) electrons. The van der Waals surface area contributed by atoms with Crippen LogP contribution in [0.25, 0.3) is 0 Å². The molecule has 1 saturated heterocycles. The van der Waals surface area contributed by atoms with E-state index in [9.17, 15) is 14.4 Å². The van der Waals surface area contributed by atoms with Gasteiger partial charge in [0.15, 0.2) is 6.61 Å². The van der Waals surface area contributed by atoms with Crippen molar-refractivity contribution < 1.29 is 19.1 Å². The van der Waals surface area contributed by atoms with Crippen LogP contribution in [-0.2, 0) is 9.59 Å². The summed E-state index contributed by atoms with van der Waals surface area (Å²) in [6.45, 7) is 4.57. The molecule has 0 aromatic heterocycles. The summed E-state index contributed by atoms with van der Waals surface area (Å²) in [5.41, 5.74) is 7.61. The van der Waals surface area contributed by atoms with E-state index in [-0.39, 0.29) is 18.5 Å². The van der Waals surface area contributed by atoms with Crippen molar-refractivity contribution in [1.82, 2.24) is 15.8 Å². The molecule has 1 aliphatic heterocycles. The number of rotatable bonds is 5. The highest BCUT2D eigenvalue weighted by Crippen LogP contribution is 2.18. The van der Waals surface area contributed by atoms with Crippen molar-refractivity contribution in [2.75, 3.05) is 25.0 Å². The molecule has 0 bridgehead atoms. The molecule has 0 saturated carbocycles. The van der Waals surface area contributed by atoms with Crippen LogP contribution in [0.3, 0.4) is 0 Å². The molecule has 2 aromatic carbocycles. The van der Waals surface area contributed by atoms with Gasteiger partial charge in [-0.25, -0.2) is 4.79 Å². The maximum atomic E-state index is 12.5. The zero-order valence-corrected chi connectivity index (χ0v) is 17.8. The van der Waals surface area contributed by atoms with Gasteiger partial charge in [-0.15, -0.1) is 0 Å². The Balaban J connectivity index is 1.43. The van der Waals surface area contributed by atoms with Gasteiger partial charge in [-0.2, -0.15) is 0 Å². The van der Waals surface area contributed by atoms with Gasteiger partial charge in [0.05, 0.1) is 5.92 Å². The second-order valence-corrected chi connectivity index (χ2v) is 7.73.